The Morgan fingerprint density at radius 3 is 2.96 bits per heavy atom. The van der Waals surface area contributed by atoms with E-state index in [9.17, 15) is 9.59 Å². The molecule has 1 aliphatic rings. The van der Waals surface area contributed by atoms with Gasteiger partial charge in [-0.1, -0.05) is 13.0 Å². The highest BCUT2D eigenvalue weighted by Crippen LogP contribution is 2.40. The molecule has 1 aliphatic carbocycles. The second-order valence-electron chi connectivity index (χ2n) is 5.84. The molecule has 1 atom stereocenters. The van der Waals surface area contributed by atoms with Crippen LogP contribution in [0.25, 0.3) is 0 Å². The van der Waals surface area contributed by atoms with Crippen LogP contribution in [0.1, 0.15) is 46.5 Å². The molecule has 5 nitrogen and oxygen atoms in total. The highest BCUT2D eigenvalue weighted by Gasteiger charge is 2.31. The van der Waals surface area contributed by atoms with Gasteiger partial charge in [0.1, 0.15) is 11.5 Å². The van der Waals surface area contributed by atoms with Gasteiger partial charge >= 0.3 is 0 Å². The first kappa shape index (κ1) is 15.3. The molecule has 1 aromatic heterocycles. The van der Waals surface area contributed by atoms with Gasteiger partial charge in [0.2, 0.25) is 0 Å². The molecule has 3 rings (SSSR count). The molecule has 0 aliphatic heterocycles. The minimum Gasteiger partial charge on any atom is -0.483 e. The minimum absolute atomic E-state index is 0.0854. The van der Waals surface area contributed by atoms with Gasteiger partial charge in [0.05, 0.1) is 18.4 Å². The highest BCUT2D eigenvalue weighted by atomic mass is 16.5. The van der Waals surface area contributed by atoms with Crippen LogP contribution in [0.15, 0.2) is 34.9 Å². The number of rotatable bonds is 5. The minimum atomic E-state index is -0.255. The van der Waals surface area contributed by atoms with Crippen molar-refractivity contribution >= 4 is 11.7 Å². The number of ether oxygens (including phenoxy) is 1. The summed E-state index contributed by atoms with van der Waals surface area (Å²) in [5.74, 6) is 1.21. The summed E-state index contributed by atoms with van der Waals surface area (Å²) in [6.45, 7) is 4.22. The van der Waals surface area contributed by atoms with Crippen LogP contribution in [0.5, 0.6) is 5.75 Å². The third-order valence-electron chi connectivity index (χ3n) is 4.09. The predicted octanol–water partition coefficient (Wildman–Crippen LogP) is 2.97. The van der Waals surface area contributed by atoms with Crippen molar-refractivity contribution < 1.29 is 18.7 Å². The van der Waals surface area contributed by atoms with Gasteiger partial charge in [-0.05, 0) is 42.2 Å². The summed E-state index contributed by atoms with van der Waals surface area (Å²) in [6.07, 6.45) is 2.06. The molecule has 0 fully saturated rings. The van der Waals surface area contributed by atoms with Crippen molar-refractivity contribution in [2.24, 2.45) is 0 Å². The van der Waals surface area contributed by atoms with Crippen molar-refractivity contribution in [1.29, 1.82) is 0 Å². The molecule has 0 saturated carbocycles. The largest absolute Gasteiger partial charge is 0.483 e. The van der Waals surface area contributed by atoms with Gasteiger partial charge in [-0.15, -0.1) is 0 Å². The van der Waals surface area contributed by atoms with Crippen LogP contribution in [-0.2, 0) is 11.3 Å². The Morgan fingerprint density at radius 1 is 1.39 bits per heavy atom. The number of aryl methyl sites for hydroxylation is 1. The average Bonchev–Trinajstić information content (AvgIpc) is 3.13. The molecule has 120 valence electrons. The molecule has 0 spiro atoms. The molecule has 1 N–H and O–H groups in total. The molecule has 1 amide bonds. The van der Waals surface area contributed by atoms with Crippen molar-refractivity contribution in [3.63, 3.8) is 0 Å². The molecular formula is C18H19NO4. The maximum absolute atomic E-state index is 12.2. The normalized spacial score (nSPS) is 16.3. The van der Waals surface area contributed by atoms with E-state index < -0.39 is 0 Å². The van der Waals surface area contributed by atoms with Crippen molar-refractivity contribution in [2.45, 2.75) is 32.7 Å². The fourth-order valence-corrected chi connectivity index (χ4v) is 3.02. The van der Waals surface area contributed by atoms with Crippen molar-refractivity contribution in [3.05, 3.63) is 53.0 Å². The molecular weight excluding hydrogens is 294 g/mol. The van der Waals surface area contributed by atoms with E-state index in [4.69, 9.17) is 9.15 Å². The van der Waals surface area contributed by atoms with Gasteiger partial charge in [-0.3, -0.25) is 9.59 Å². The number of benzene rings is 1. The van der Waals surface area contributed by atoms with Crippen molar-refractivity contribution in [2.75, 3.05) is 6.61 Å². The number of fused-ring (bicyclic) bond motifs is 1. The lowest BCUT2D eigenvalue weighted by atomic mass is 9.97. The van der Waals surface area contributed by atoms with Crippen LogP contribution in [0.2, 0.25) is 0 Å². The zero-order valence-corrected chi connectivity index (χ0v) is 13.2. The second kappa shape index (κ2) is 6.28. The molecule has 0 unspecified atom stereocenters. The van der Waals surface area contributed by atoms with Gasteiger partial charge in [-0.2, -0.15) is 0 Å². The number of ketones is 1. The zero-order chi connectivity index (χ0) is 16.4. The lowest BCUT2D eigenvalue weighted by molar-refractivity contribution is -0.123. The SMILES string of the molecule is Cc1ccc(OCC(=O)NCc2ccco2)c2c1[C@H](C)CC2=O. The van der Waals surface area contributed by atoms with Gasteiger partial charge in [0.15, 0.2) is 12.4 Å². The Bertz CT molecular complexity index is 734. The third kappa shape index (κ3) is 3.13. The van der Waals surface area contributed by atoms with Crippen LogP contribution in [0.3, 0.4) is 0 Å². The van der Waals surface area contributed by atoms with Crippen LogP contribution in [0, 0.1) is 6.92 Å². The Kier molecular flexibility index (Phi) is 4.19. The van der Waals surface area contributed by atoms with E-state index >= 15 is 0 Å². The quantitative estimate of drug-likeness (QED) is 0.921. The number of carbonyl (C=O) groups excluding carboxylic acids is 2. The lowest BCUT2D eigenvalue weighted by Crippen LogP contribution is -2.28. The molecule has 0 radical (unpaired) electrons. The summed E-state index contributed by atoms with van der Waals surface area (Å²) in [5.41, 5.74) is 2.77. The summed E-state index contributed by atoms with van der Waals surface area (Å²) < 4.78 is 10.7. The van der Waals surface area contributed by atoms with Crippen molar-refractivity contribution in [1.82, 2.24) is 5.32 Å². The first-order valence-corrected chi connectivity index (χ1v) is 7.65. The molecule has 5 heteroatoms. The molecule has 1 aromatic carbocycles. The standard InChI is InChI=1S/C18H19NO4/c1-11-5-6-15(18-14(20)8-12(2)17(11)18)23-10-16(21)19-9-13-4-3-7-22-13/h3-7,12H,8-10H2,1-2H3,(H,19,21)/t12-/m1/s1. The first-order valence-electron chi connectivity index (χ1n) is 7.65. The van der Waals surface area contributed by atoms with E-state index in [2.05, 4.69) is 5.32 Å². The summed E-state index contributed by atoms with van der Waals surface area (Å²) in [7, 11) is 0. The van der Waals surface area contributed by atoms with Gasteiger partial charge in [0.25, 0.3) is 5.91 Å². The number of amides is 1. The zero-order valence-electron chi connectivity index (χ0n) is 13.2. The van der Waals surface area contributed by atoms with Crippen LogP contribution >= 0.6 is 0 Å². The summed E-state index contributed by atoms with van der Waals surface area (Å²) in [5, 5.41) is 2.71. The Hall–Kier alpha value is -2.56. The monoisotopic (exact) mass is 313 g/mol. The fourth-order valence-electron chi connectivity index (χ4n) is 3.02. The topological polar surface area (TPSA) is 68.5 Å². The second-order valence-corrected chi connectivity index (χ2v) is 5.84. The number of furan rings is 1. The molecule has 1 heterocycles. The van der Waals surface area contributed by atoms with Gasteiger partial charge in [-0.25, -0.2) is 0 Å². The summed E-state index contributed by atoms with van der Waals surface area (Å²) in [4.78, 5) is 24.0. The maximum Gasteiger partial charge on any atom is 0.258 e. The van der Waals surface area contributed by atoms with Crippen LogP contribution in [0.4, 0.5) is 0 Å². The number of nitrogens with one attached hydrogen (secondary N) is 1. The van der Waals surface area contributed by atoms with E-state index in [0.717, 1.165) is 11.1 Å². The van der Waals surface area contributed by atoms with E-state index in [1.54, 1.807) is 24.5 Å². The van der Waals surface area contributed by atoms with Gasteiger partial charge < -0.3 is 14.5 Å². The van der Waals surface area contributed by atoms with Crippen LogP contribution in [-0.4, -0.2) is 18.3 Å². The van der Waals surface area contributed by atoms with E-state index in [-0.39, 0.29) is 24.2 Å². The average molecular weight is 313 g/mol. The van der Waals surface area contributed by atoms with Crippen molar-refractivity contribution in [3.8, 4) is 5.75 Å². The fraction of sp³-hybridized carbons (Fsp3) is 0.333. The third-order valence-corrected chi connectivity index (χ3v) is 4.09. The smallest absolute Gasteiger partial charge is 0.258 e. The molecule has 0 saturated heterocycles. The molecule has 0 bridgehead atoms. The molecule has 2 aromatic rings. The van der Waals surface area contributed by atoms with Crippen LogP contribution < -0.4 is 10.1 Å². The van der Waals surface area contributed by atoms with E-state index in [1.165, 1.54) is 0 Å². The molecule has 23 heavy (non-hydrogen) atoms. The van der Waals surface area contributed by atoms with Gasteiger partial charge in [0, 0.05) is 6.42 Å². The maximum atomic E-state index is 12.2. The number of carbonyl (C=O) groups is 2. The number of Topliss-reactive ketones (excluding diaryl/α,β-unsaturated/α-hetero) is 1. The number of hydrogen-bond donors (Lipinski definition) is 1. The number of hydrogen-bond acceptors (Lipinski definition) is 4. The summed E-state index contributed by atoms with van der Waals surface area (Å²) in [6, 6.07) is 7.25. The van der Waals surface area contributed by atoms with E-state index in [1.807, 2.05) is 19.9 Å². The Labute approximate surface area is 134 Å². The predicted molar refractivity (Wildman–Crippen MR) is 84.6 cm³/mol. The Balaban J connectivity index is 1.65. The summed E-state index contributed by atoms with van der Waals surface area (Å²) >= 11 is 0. The lowest BCUT2D eigenvalue weighted by Gasteiger charge is -2.13. The van der Waals surface area contributed by atoms with E-state index in [0.29, 0.717) is 30.0 Å². The first-order chi connectivity index (χ1) is 11.1. The highest BCUT2D eigenvalue weighted by molar-refractivity contribution is 6.04. The Morgan fingerprint density at radius 2 is 2.22 bits per heavy atom.